The summed E-state index contributed by atoms with van der Waals surface area (Å²) in [7, 11) is -3.10. The molecule has 1 atom stereocenters. The molecule has 0 N–H and O–H groups in total. The summed E-state index contributed by atoms with van der Waals surface area (Å²) >= 11 is 0. The fourth-order valence-corrected chi connectivity index (χ4v) is 4.62. The molecular weight excluding hydrogens is 310 g/mol. The molecule has 0 aromatic rings. The molecule has 122 valence electrons. The molecule has 2 saturated heterocycles. The van der Waals surface area contributed by atoms with Gasteiger partial charge in [-0.3, -0.25) is 9.59 Å². The second-order valence-electron chi connectivity index (χ2n) is 5.75. The van der Waals surface area contributed by atoms with Gasteiger partial charge in [-0.15, -0.1) is 0 Å². The van der Waals surface area contributed by atoms with Crippen molar-refractivity contribution in [2.45, 2.75) is 25.3 Å². The number of hydrogen-bond acceptors (Lipinski definition) is 6. The third kappa shape index (κ3) is 3.14. The number of rotatable bonds is 2. The largest absolute Gasteiger partial charge is 0.378 e. The van der Waals surface area contributed by atoms with E-state index in [1.54, 1.807) is 4.90 Å². The minimum atomic E-state index is -3.10. The zero-order valence-corrected chi connectivity index (χ0v) is 13.0. The molecule has 9 heteroatoms. The van der Waals surface area contributed by atoms with E-state index in [9.17, 15) is 18.0 Å². The van der Waals surface area contributed by atoms with E-state index in [-0.39, 0.29) is 29.7 Å². The maximum atomic E-state index is 12.4. The zero-order valence-electron chi connectivity index (χ0n) is 12.2. The second kappa shape index (κ2) is 5.96. The van der Waals surface area contributed by atoms with E-state index in [0.29, 0.717) is 44.9 Å². The first kappa shape index (κ1) is 15.4. The van der Waals surface area contributed by atoms with Gasteiger partial charge >= 0.3 is 0 Å². The van der Waals surface area contributed by atoms with E-state index in [1.807, 2.05) is 0 Å². The van der Waals surface area contributed by atoms with Crippen LogP contribution in [0.4, 0.5) is 0 Å². The molecule has 0 aliphatic carbocycles. The van der Waals surface area contributed by atoms with Crippen molar-refractivity contribution in [3.8, 4) is 0 Å². The third-order valence-electron chi connectivity index (χ3n) is 4.16. The van der Waals surface area contributed by atoms with Gasteiger partial charge in [0.2, 0.25) is 5.91 Å². The highest BCUT2D eigenvalue weighted by atomic mass is 32.2. The summed E-state index contributed by atoms with van der Waals surface area (Å²) < 4.78 is 28.4. The molecule has 8 nitrogen and oxygen atoms in total. The highest BCUT2D eigenvalue weighted by Crippen LogP contribution is 2.22. The quantitative estimate of drug-likeness (QED) is 0.648. The van der Waals surface area contributed by atoms with E-state index in [0.717, 1.165) is 0 Å². The van der Waals surface area contributed by atoms with Gasteiger partial charge < -0.3 is 9.64 Å². The van der Waals surface area contributed by atoms with Gasteiger partial charge in [0.25, 0.3) is 5.91 Å². The zero-order chi connectivity index (χ0) is 15.7. The van der Waals surface area contributed by atoms with Gasteiger partial charge in [0, 0.05) is 25.9 Å². The van der Waals surface area contributed by atoms with Crippen LogP contribution >= 0.6 is 0 Å². The van der Waals surface area contributed by atoms with Crippen molar-refractivity contribution >= 4 is 27.4 Å². The maximum Gasteiger partial charge on any atom is 0.270 e. The molecule has 22 heavy (non-hydrogen) atoms. The Morgan fingerprint density at radius 1 is 1.23 bits per heavy atom. The van der Waals surface area contributed by atoms with E-state index in [2.05, 4.69) is 5.10 Å². The van der Waals surface area contributed by atoms with Gasteiger partial charge in [0.15, 0.2) is 9.84 Å². The van der Waals surface area contributed by atoms with Gasteiger partial charge in [-0.2, -0.15) is 5.10 Å². The number of amides is 2. The number of sulfone groups is 1. The van der Waals surface area contributed by atoms with Crippen molar-refractivity contribution in [2.75, 3.05) is 37.8 Å². The predicted molar refractivity (Wildman–Crippen MR) is 78.0 cm³/mol. The van der Waals surface area contributed by atoms with Crippen LogP contribution in [0.3, 0.4) is 0 Å². The Morgan fingerprint density at radius 2 is 1.95 bits per heavy atom. The van der Waals surface area contributed by atoms with Crippen molar-refractivity contribution in [1.29, 1.82) is 0 Å². The molecule has 0 aromatic carbocycles. The Labute approximate surface area is 129 Å². The van der Waals surface area contributed by atoms with Crippen molar-refractivity contribution < 1.29 is 22.7 Å². The third-order valence-corrected chi connectivity index (χ3v) is 5.91. The lowest BCUT2D eigenvalue weighted by Crippen LogP contribution is -2.47. The molecule has 3 aliphatic rings. The molecule has 2 amide bonds. The number of nitrogens with zero attached hydrogens (tertiary/aromatic N) is 3. The van der Waals surface area contributed by atoms with Gasteiger partial charge in [0.05, 0.1) is 30.8 Å². The van der Waals surface area contributed by atoms with Crippen LogP contribution in [0.1, 0.15) is 19.3 Å². The van der Waals surface area contributed by atoms with E-state index >= 15 is 0 Å². The summed E-state index contributed by atoms with van der Waals surface area (Å²) in [5, 5.41) is 5.41. The molecule has 0 spiro atoms. The molecule has 0 bridgehead atoms. The van der Waals surface area contributed by atoms with Crippen LogP contribution in [-0.2, 0) is 24.2 Å². The standard InChI is InChI=1S/C13H19N3O5S/c17-12-2-1-11(13(18)15-4-6-21-7-5-15)14-16(12)10-3-8-22(19,20)9-10/h10H,1-9H2/t10-/m0/s1. The van der Waals surface area contributed by atoms with Gasteiger partial charge in [0.1, 0.15) is 5.71 Å². The van der Waals surface area contributed by atoms with Gasteiger partial charge in [-0.1, -0.05) is 0 Å². The number of carbonyl (C=O) groups is 2. The predicted octanol–water partition coefficient (Wildman–Crippen LogP) is -0.989. The van der Waals surface area contributed by atoms with Crippen LogP contribution < -0.4 is 0 Å². The van der Waals surface area contributed by atoms with Crippen LogP contribution in [-0.4, -0.2) is 79.7 Å². The average molecular weight is 329 g/mol. The highest BCUT2D eigenvalue weighted by Gasteiger charge is 2.37. The van der Waals surface area contributed by atoms with Gasteiger partial charge in [-0.05, 0) is 6.42 Å². The normalized spacial score (nSPS) is 28.6. The van der Waals surface area contributed by atoms with E-state index in [1.165, 1.54) is 5.01 Å². The van der Waals surface area contributed by atoms with Crippen molar-refractivity contribution in [3.05, 3.63) is 0 Å². The molecule has 0 aromatic heterocycles. The number of carbonyl (C=O) groups excluding carboxylic acids is 2. The molecule has 0 radical (unpaired) electrons. The summed E-state index contributed by atoms with van der Waals surface area (Å²) in [4.78, 5) is 26.1. The summed E-state index contributed by atoms with van der Waals surface area (Å²) in [5.74, 6) is -0.382. The minimum Gasteiger partial charge on any atom is -0.378 e. The molecular formula is C13H19N3O5S. The lowest BCUT2D eigenvalue weighted by molar-refractivity contribution is -0.134. The van der Waals surface area contributed by atoms with Crippen LogP contribution in [0.15, 0.2) is 5.10 Å². The lowest BCUT2D eigenvalue weighted by Gasteiger charge is -2.31. The first-order valence-corrected chi connectivity index (χ1v) is 9.25. The molecule has 0 saturated carbocycles. The minimum absolute atomic E-state index is 0.0682. The highest BCUT2D eigenvalue weighted by molar-refractivity contribution is 7.91. The molecule has 3 rings (SSSR count). The fourth-order valence-electron chi connectivity index (χ4n) is 2.93. The van der Waals surface area contributed by atoms with Crippen LogP contribution in [0, 0.1) is 0 Å². The van der Waals surface area contributed by atoms with Crippen molar-refractivity contribution in [3.63, 3.8) is 0 Å². The average Bonchev–Trinajstić information content (AvgIpc) is 2.88. The number of hydrogen-bond donors (Lipinski definition) is 0. The second-order valence-corrected chi connectivity index (χ2v) is 7.98. The summed E-state index contributed by atoms with van der Waals surface area (Å²) in [6, 6.07) is -0.440. The molecule has 3 aliphatic heterocycles. The first-order valence-electron chi connectivity index (χ1n) is 7.43. The Bertz CT molecular complexity index is 609. The summed E-state index contributed by atoms with van der Waals surface area (Å²) in [5.41, 5.74) is 0.339. The fraction of sp³-hybridized carbons (Fsp3) is 0.769. The molecule has 2 fully saturated rings. The van der Waals surface area contributed by atoms with Gasteiger partial charge in [-0.25, -0.2) is 13.4 Å². The van der Waals surface area contributed by atoms with Crippen molar-refractivity contribution in [1.82, 2.24) is 9.91 Å². The van der Waals surface area contributed by atoms with E-state index < -0.39 is 15.9 Å². The summed E-state index contributed by atoms with van der Waals surface area (Å²) in [6.45, 7) is 2.04. The molecule has 3 heterocycles. The first-order chi connectivity index (χ1) is 10.5. The Balaban J connectivity index is 1.76. The Kier molecular flexibility index (Phi) is 4.18. The summed E-state index contributed by atoms with van der Waals surface area (Å²) in [6.07, 6.45) is 0.896. The lowest BCUT2D eigenvalue weighted by atomic mass is 10.1. The Morgan fingerprint density at radius 3 is 2.59 bits per heavy atom. The van der Waals surface area contributed by atoms with Crippen LogP contribution in [0.25, 0.3) is 0 Å². The Hall–Kier alpha value is -1.48. The monoisotopic (exact) mass is 329 g/mol. The van der Waals surface area contributed by atoms with Crippen LogP contribution in [0.2, 0.25) is 0 Å². The van der Waals surface area contributed by atoms with Crippen molar-refractivity contribution in [2.24, 2.45) is 5.10 Å². The van der Waals surface area contributed by atoms with Crippen LogP contribution in [0.5, 0.6) is 0 Å². The SMILES string of the molecule is O=C(C1=NN([C@H]2CCS(=O)(=O)C2)C(=O)CC1)N1CCOCC1. The van der Waals surface area contributed by atoms with E-state index in [4.69, 9.17) is 4.74 Å². The smallest absolute Gasteiger partial charge is 0.270 e. The number of ether oxygens (including phenoxy) is 1. The number of hydrazone groups is 1. The topological polar surface area (TPSA) is 96.3 Å². The maximum absolute atomic E-state index is 12.4. The number of morpholine rings is 1. The molecule has 0 unspecified atom stereocenters.